The highest BCUT2D eigenvalue weighted by Crippen LogP contribution is 2.29. The van der Waals surface area contributed by atoms with Gasteiger partial charge in [-0.25, -0.2) is 9.07 Å². The van der Waals surface area contributed by atoms with Crippen molar-refractivity contribution >= 4 is 11.7 Å². The second-order valence-electron chi connectivity index (χ2n) is 6.85. The molecule has 4 aromatic rings. The van der Waals surface area contributed by atoms with E-state index in [0.29, 0.717) is 40.7 Å². The number of hydrogen-bond donors (Lipinski definition) is 0. The Bertz CT molecular complexity index is 1220. The van der Waals surface area contributed by atoms with Gasteiger partial charge in [-0.2, -0.15) is 5.10 Å². The molecule has 0 atom stereocenters. The molecule has 0 amide bonds. The summed E-state index contributed by atoms with van der Waals surface area (Å²) in [5.74, 6) is 0.0144. The fourth-order valence-electron chi connectivity index (χ4n) is 3.32. The second-order valence-corrected chi connectivity index (χ2v) is 7.37. The first kappa shape index (κ1) is 19.8. The summed E-state index contributed by atoms with van der Waals surface area (Å²) in [6, 6.07) is 23.0. The number of benzene rings is 3. The third-order valence-electron chi connectivity index (χ3n) is 4.84. The maximum Gasteiger partial charge on any atom is 0.463 e. The number of aromatic nitrogens is 2. The van der Waals surface area contributed by atoms with E-state index in [1.165, 1.54) is 16.8 Å². The van der Waals surface area contributed by atoms with Crippen LogP contribution in [0.5, 0.6) is 0 Å². The van der Waals surface area contributed by atoms with Crippen LogP contribution in [-0.2, 0) is 28.2 Å². The van der Waals surface area contributed by atoms with Crippen molar-refractivity contribution < 1.29 is 8.60 Å². The largest absolute Gasteiger partial charge is 0.463 e. The van der Waals surface area contributed by atoms with E-state index in [2.05, 4.69) is 5.10 Å². The van der Waals surface area contributed by atoms with E-state index >= 15 is 0 Å². The van der Waals surface area contributed by atoms with Crippen molar-refractivity contribution in [2.24, 2.45) is 0 Å². The van der Waals surface area contributed by atoms with E-state index in [1.807, 2.05) is 54.6 Å². The number of rotatable bonds is 6. The lowest BCUT2D eigenvalue weighted by molar-refractivity contribution is 0.604. The lowest BCUT2D eigenvalue weighted by Crippen LogP contribution is -2.25. The fourth-order valence-corrected chi connectivity index (χ4v) is 3.65. The van der Waals surface area contributed by atoms with Crippen LogP contribution in [0.1, 0.15) is 11.1 Å². The molecule has 0 radical (unpaired) electrons. The standard InChI is InChI=1S/C24H18FN2O2S/c25-21-12-10-20(11-13-21)23-22(19-8-6-18(7-9-19)16-30-29)14-26-27(24(23)28)15-17-4-2-1-3-5-17/h1-14H,15-16H2/q+1. The van der Waals surface area contributed by atoms with E-state index in [1.54, 1.807) is 18.3 Å². The molecule has 0 aliphatic rings. The maximum atomic E-state index is 13.5. The fraction of sp³-hybridized carbons (Fsp3) is 0.0833. The van der Waals surface area contributed by atoms with Crippen molar-refractivity contribution in [1.29, 1.82) is 0 Å². The molecular weight excluding hydrogens is 399 g/mol. The van der Waals surface area contributed by atoms with Crippen LogP contribution < -0.4 is 5.56 Å². The molecule has 0 saturated heterocycles. The van der Waals surface area contributed by atoms with Gasteiger partial charge in [-0.15, -0.1) is 0 Å². The molecule has 4 rings (SSSR count). The van der Waals surface area contributed by atoms with Gasteiger partial charge in [-0.3, -0.25) is 4.79 Å². The summed E-state index contributed by atoms with van der Waals surface area (Å²) in [5, 5.41) is 4.39. The Morgan fingerprint density at radius 1 is 0.833 bits per heavy atom. The molecule has 148 valence electrons. The summed E-state index contributed by atoms with van der Waals surface area (Å²) >= 11 is 0.512. The normalized spacial score (nSPS) is 10.7. The predicted molar refractivity (Wildman–Crippen MR) is 117 cm³/mol. The van der Waals surface area contributed by atoms with Crippen molar-refractivity contribution in [2.45, 2.75) is 12.3 Å². The second kappa shape index (κ2) is 8.88. The molecule has 0 N–H and O–H groups in total. The topological polar surface area (TPSA) is 52.0 Å². The van der Waals surface area contributed by atoms with Crippen molar-refractivity contribution in [1.82, 2.24) is 9.78 Å². The van der Waals surface area contributed by atoms with E-state index in [-0.39, 0.29) is 11.4 Å². The monoisotopic (exact) mass is 417 g/mol. The Morgan fingerprint density at radius 3 is 2.17 bits per heavy atom. The van der Waals surface area contributed by atoms with Gasteiger partial charge >= 0.3 is 11.7 Å². The third-order valence-corrected chi connectivity index (χ3v) is 5.29. The minimum absolute atomic E-state index is 0.248. The molecule has 1 aromatic heterocycles. The van der Waals surface area contributed by atoms with Crippen LogP contribution in [0.2, 0.25) is 0 Å². The van der Waals surface area contributed by atoms with Crippen LogP contribution in [0.3, 0.4) is 0 Å². The Kier molecular flexibility index (Phi) is 5.86. The van der Waals surface area contributed by atoms with Crippen LogP contribution in [0.15, 0.2) is 89.9 Å². The van der Waals surface area contributed by atoms with E-state index in [4.69, 9.17) is 0 Å². The quantitative estimate of drug-likeness (QED) is 0.428. The summed E-state index contributed by atoms with van der Waals surface area (Å²) < 4.78 is 25.7. The maximum absolute atomic E-state index is 13.5. The average Bonchev–Trinajstić information content (AvgIpc) is 2.77. The van der Waals surface area contributed by atoms with E-state index in [0.717, 1.165) is 16.7 Å². The Labute approximate surface area is 177 Å². The Balaban J connectivity index is 1.85. The minimum Gasteiger partial charge on any atom is -0.267 e. The predicted octanol–water partition coefficient (Wildman–Crippen LogP) is 4.69. The zero-order valence-electron chi connectivity index (χ0n) is 16.0. The van der Waals surface area contributed by atoms with Crippen LogP contribution >= 0.6 is 0 Å². The summed E-state index contributed by atoms with van der Waals surface area (Å²) in [6.45, 7) is 0.341. The van der Waals surface area contributed by atoms with Gasteiger partial charge in [0.2, 0.25) is 0 Å². The van der Waals surface area contributed by atoms with Crippen molar-refractivity contribution in [3.05, 3.63) is 112 Å². The Hall–Kier alpha value is -3.51. The zero-order chi connectivity index (χ0) is 20.9. The molecule has 0 bridgehead atoms. The van der Waals surface area contributed by atoms with Crippen LogP contribution in [0.25, 0.3) is 22.3 Å². The van der Waals surface area contributed by atoms with Gasteiger partial charge in [-0.05, 0) is 28.8 Å². The molecule has 3 aromatic carbocycles. The van der Waals surface area contributed by atoms with Gasteiger partial charge in [0.15, 0.2) is 0 Å². The van der Waals surface area contributed by atoms with E-state index < -0.39 is 0 Å². The molecule has 4 nitrogen and oxygen atoms in total. The number of halogens is 1. The molecule has 0 aliphatic heterocycles. The first-order valence-corrected chi connectivity index (χ1v) is 10.3. The molecule has 0 fully saturated rings. The molecule has 30 heavy (non-hydrogen) atoms. The summed E-state index contributed by atoms with van der Waals surface area (Å²) in [4.78, 5) is 13.4. The Morgan fingerprint density at radius 2 is 1.50 bits per heavy atom. The minimum atomic E-state index is -0.363. The number of nitrogens with zero attached hydrogens (tertiary/aromatic N) is 2. The summed E-state index contributed by atoms with van der Waals surface area (Å²) in [5.41, 5.74) is 4.19. The van der Waals surface area contributed by atoms with Crippen molar-refractivity contribution in [3.8, 4) is 22.3 Å². The summed E-state index contributed by atoms with van der Waals surface area (Å²) in [7, 11) is 0. The molecule has 0 aliphatic carbocycles. The van der Waals surface area contributed by atoms with Gasteiger partial charge in [0.25, 0.3) is 11.3 Å². The summed E-state index contributed by atoms with van der Waals surface area (Å²) in [6.07, 6.45) is 1.67. The van der Waals surface area contributed by atoms with Gasteiger partial charge in [-0.1, -0.05) is 66.7 Å². The average molecular weight is 417 g/mol. The highest BCUT2D eigenvalue weighted by molar-refractivity contribution is 7.64. The molecule has 1 heterocycles. The lowest BCUT2D eigenvalue weighted by atomic mass is 9.96. The first-order chi connectivity index (χ1) is 14.7. The molecule has 0 spiro atoms. The van der Waals surface area contributed by atoms with Crippen molar-refractivity contribution in [2.75, 3.05) is 0 Å². The van der Waals surface area contributed by atoms with Crippen LogP contribution in [0.4, 0.5) is 4.39 Å². The highest BCUT2D eigenvalue weighted by Gasteiger charge is 2.16. The van der Waals surface area contributed by atoms with Crippen molar-refractivity contribution in [3.63, 3.8) is 0 Å². The zero-order valence-corrected chi connectivity index (χ0v) is 16.8. The lowest BCUT2D eigenvalue weighted by Gasteiger charge is -2.13. The van der Waals surface area contributed by atoms with Crippen LogP contribution in [0, 0.1) is 5.82 Å². The molecular formula is C24H18FN2O2S+. The SMILES string of the molecule is O=[S+]Cc1ccc(-c2cnn(Cc3ccccc3)c(=O)c2-c2ccc(F)cc2)cc1. The number of hydrogen-bond acceptors (Lipinski definition) is 3. The van der Waals surface area contributed by atoms with Gasteiger partial charge in [0.05, 0.1) is 18.3 Å². The van der Waals surface area contributed by atoms with Gasteiger partial charge in [0, 0.05) is 15.3 Å². The first-order valence-electron chi connectivity index (χ1n) is 9.40. The third kappa shape index (κ3) is 4.23. The van der Waals surface area contributed by atoms with Gasteiger partial charge < -0.3 is 0 Å². The smallest absolute Gasteiger partial charge is 0.267 e. The molecule has 6 heteroatoms. The van der Waals surface area contributed by atoms with E-state index in [9.17, 15) is 13.4 Å². The highest BCUT2D eigenvalue weighted by atomic mass is 32.1. The molecule has 0 unspecified atom stereocenters. The van der Waals surface area contributed by atoms with Crippen LogP contribution in [-0.4, -0.2) is 9.78 Å². The van der Waals surface area contributed by atoms with Gasteiger partial charge in [0.1, 0.15) is 5.82 Å². The molecule has 0 saturated carbocycles.